The summed E-state index contributed by atoms with van der Waals surface area (Å²) < 4.78 is 0. The summed E-state index contributed by atoms with van der Waals surface area (Å²) in [5.74, 6) is 0.206. The first kappa shape index (κ1) is 10.9. The van der Waals surface area contributed by atoms with Crippen LogP contribution in [0.4, 0.5) is 0 Å². The van der Waals surface area contributed by atoms with Gasteiger partial charge < -0.3 is 10.0 Å². The predicted octanol–water partition coefficient (Wildman–Crippen LogP) is 0.0639. The van der Waals surface area contributed by atoms with E-state index in [2.05, 4.69) is 4.90 Å². The average molecular weight is 212 g/mol. The number of amides is 1. The summed E-state index contributed by atoms with van der Waals surface area (Å²) in [4.78, 5) is 15.8. The van der Waals surface area contributed by atoms with E-state index in [1.807, 2.05) is 11.9 Å². The Morgan fingerprint density at radius 1 is 1.47 bits per heavy atom. The molecule has 1 saturated carbocycles. The molecular weight excluding hydrogens is 192 g/mol. The van der Waals surface area contributed by atoms with Crippen LogP contribution in [0.3, 0.4) is 0 Å². The van der Waals surface area contributed by atoms with Gasteiger partial charge in [-0.25, -0.2) is 0 Å². The fraction of sp³-hybridized carbons (Fsp3) is 0.909. The zero-order chi connectivity index (χ0) is 10.8. The van der Waals surface area contributed by atoms with E-state index in [0.29, 0.717) is 12.6 Å². The SMILES string of the molecule is CN(C(=O)CN1CCC[C@H]1CO)C1CC1. The maximum absolute atomic E-state index is 11.8. The van der Waals surface area contributed by atoms with Crippen molar-refractivity contribution in [3.63, 3.8) is 0 Å². The molecule has 1 aliphatic heterocycles. The molecule has 0 radical (unpaired) electrons. The molecule has 2 fully saturated rings. The third-order valence-electron chi connectivity index (χ3n) is 3.54. The van der Waals surface area contributed by atoms with Crippen LogP contribution in [-0.4, -0.2) is 59.6 Å². The lowest BCUT2D eigenvalue weighted by atomic mass is 10.2. The Labute approximate surface area is 90.9 Å². The summed E-state index contributed by atoms with van der Waals surface area (Å²) in [6.45, 7) is 1.62. The van der Waals surface area contributed by atoms with Crippen molar-refractivity contribution in [1.82, 2.24) is 9.80 Å². The Bertz CT molecular complexity index is 241. The molecule has 0 bridgehead atoms. The molecule has 0 aromatic carbocycles. The van der Waals surface area contributed by atoms with Crippen LogP contribution in [-0.2, 0) is 4.79 Å². The van der Waals surface area contributed by atoms with E-state index in [4.69, 9.17) is 5.11 Å². The van der Waals surface area contributed by atoms with Crippen LogP contribution < -0.4 is 0 Å². The van der Waals surface area contributed by atoms with Crippen molar-refractivity contribution in [2.24, 2.45) is 0 Å². The van der Waals surface area contributed by atoms with Crippen LogP contribution in [0.25, 0.3) is 0 Å². The molecule has 1 saturated heterocycles. The highest BCUT2D eigenvalue weighted by molar-refractivity contribution is 5.78. The standard InChI is InChI=1S/C11H20N2O2/c1-12(9-4-5-9)11(15)7-13-6-2-3-10(13)8-14/h9-10,14H,2-8H2,1H3/t10-/m0/s1. The zero-order valence-electron chi connectivity index (χ0n) is 9.35. The van der Waals surface area contributed by atoms with Crippen molar-refractivity contribution in [3.8, 4) is 0 Å². The number of aliphatic hydroxyl groups is 1. The van der Waals surface area contributed by atoms with Gasteiger partial charge >= 0.3 is 0 Å². The third-order valence-corrected chi connectivity index (χ3v) is 3.54. The van der Waals surface area contributed by atoms with Crippen LogP contribution in [0, 0.1) is 0 Å². The molecule has 4 heteroatoms. The minimum absolute atomic E-state index is 0.181. The summed E-state index contributed by atoms with van der Waals surface area (Å²) in [6, 6.07) is 0.703. The van der Waals surface area contributed by atoms with E-state index in [-0.39, 0.29) is 18.6 Å². The van der Waals surface area contributed by atoms with Gasteiger partial charge in [-0.15, -0.1) is 0 Å². The minimum atomic E-state index is 0.181. The number of aliphatic hydroxyl groups excluding tert-OH is 1. The average Bonchev–Trinajstić information content (AvgIpc) is 2.99. The van der Waals surface area contributed by atoms with Crippen molar-refractivity contribution < 1.29 is 9.90 Å². The molecule has 2 rings (SSSR count). The third kappa shape index (κ3) is 2.49. The number of carbonyl (C=O) groups is 1. The van der Waals surface area contributed by atoms with Gasteiger partial charge in [-0.3, -0.25) is 9.69 Å². The summed E-state index contributed by atoms with van der Waals surface area (Å²) in [5, 5.41) is 9.14. The Kier molecular flexibility index (Phi) is 3.26. The fourth-order valence-corrected chi connectivity index (χ4v) is 2.26. The van der Waals surface area contributed by atoms with Gasteiger partial charge in [-0.05, 0) is 32.2 Å². The first-order valence-electron chi connectivity index (χ1n) is 5.83. The van der Waals surface area contributed by atoms with Crippen molar-refractivity contribution in [2.75, 3.05) is 26.7 Å². The summed E-state index contributed by atoms with van der Waals surface area (Å²) >= 11 is 0. The highest BCUT2D eigenvalue weighted by Gasteiger charge is 2.32. The second-order valence-corrected chi connectivity index (χ2v) is 4.68. The molecule has 0 unspecified atom stereocenters. The number of carbonyl (C=O) groups excluding carboxylic acids is 1. The number of likely N-dealkylation sites (tertiary alicyclic amines) is 1. The van der Waals surface area contributed by atoms with E-state index < -0.39 is 0 Å². The smallest absolute Gasteiger partial charge is 0.236 e. The summed E-state index contributed by atoms with van der Waals surface area (Å²) in [7, 11) is 1.89. The van der Waals surface area contributed by atoms with Crippen LogP contribution in [0.5, 0.6) is 0 Å². The molecule has 4 nitrogen and oxygen atoms in total. The van der Waals surface area contributed by atoms with Gasteiger partial charge in [0.25, 0.3) is 0 Å². The number of hydrogen-bond acceptors (Lipinski definition) is 3. The number of hydrogen-bond donors (Lipinski definition) is 1. The maximum atomic E-state index is 11.8. The molecule has 0 aromatic heterocycles. The topological polar surface area (TPSA) is 43.8 Å². The monoisotopic (exact) mass is 212 g/mol. The molecule has 1 aliphatic carbocycles. The second-order valence-electron chi connectivity index (χ2n) is 4.68. The summed E-state index contributed by atoms with van der Waals surface area (Å²) in [6.07, 6.45) is 4.44. The number of rotatable bonds is 4. The maximum Gasteiger partial charge on any atom is 0.236 e. The Morgan fingerprint density at radius 3 is 2.80 bits per heavy atom. The van der Waals surface area contributed by atoms with Crippen LogP contribution in [0.1, 0.15) is 25.7 Å². The first-order chi connectivity index (χ1) is 7.22. The van der Waals surface area contributed by atoms with E-state index in [1.165, 1.54) is 0 Å². The first-order valence-corrected chi connectivity index (χ1v) is 5.83. The molecule has 1 N–H and O–H groups in total. The van der Waals surface area contributed by atoms with Gasteiger partial charge in [0.1, 0.15) is 0 Å². The van der Waals surface area contributed by atoms with Crippen LogP contribution >= 0.6 is 0 Å². The molecule has 0 spiro atoms. The lowest BCUT2D eigenvalue weighted by molar-refractivity contribution is -0.132. The molecule has 0 aromatic rings. The van der Waals surface area contributed by atoms with Gasteiger partial charge in [0.05, 0.1) is 13.2 Å². The molecule has 1 heterocycles. The molecular formula is C11H20N2O2. The fourth-order valence-electron chi connectivity index (χ4n) is 2.26. The molecule has 15 heavy (non-hydrogen) atoms. The number of likely N-dealkylation sites (N-methyl/N-ethyl adjacent to an activating group) is 1. The molecule has 86 valence electrons. The van der Waals surface area contributed by atoms with E-state index in [9.17, 15) is 4.79 Å². The normalized spacial score (nSPS) is 26.9. The highest BCUT2D eigenvalue weighted by atomic mass is 16.3. The zero-order valence-corrected chi connectivity index (χ0v) is 9.35. The lowest BCUT2D eigenvalue weighted by Gasteiger charge is -2.25. The van der Waals surface area contributed by atoms with Gasteiger partial charge in [-0.2, -0.15) is 0 Å². The van der Waals surface area contributed by atoms with Crippen LogP contribution in [0.2, 0.25) is 0 Å². The lowest BCUT2D eigenvalue weighted by Crippen LogP contribution is -2.42. The van der Waals surface area contributed by atoms with Crippen molar-refractivity contribution in [2.45, 2.75) is 37.8 Å². The quantitative estimate of drug-likeness (QED) is 0.717. The van der Waals surface area contributed by atoms with E-state index in [1.54, 1.807) is 0 Å². The predicted molar refractivity (Wildman–Crippen MR) is 57.5 cm³/mol. The van der Waals surface area contributed by atoms with Crippen LogP contribution in [0.15, 0.2) is 0 Å². The van der Waals surface area contributed by atoms with Crippen molar-refractivity contribution in [3.05, 3.63) is 0 Å². The Balaban J connectivity index is 1.82. The van der Waals surface area contributed by atoms with Crippen molar-refractivity contribution in [1.29, 1.82) is 0 Å². The molecule has 2 aliphatic rings. The number of nitrogens with zero attached hydrogens (tertiary/aromatic N) is 2. The van der Waals surface area contributed by atoms with E-state index >= 15 is 0 Å². The summed E-state index contributed by atoms with van der Waals surface area (Å²) in [5.41, 5.74) is 0. The molecule has 1 atom stereocenters. The van der Waals surface area contributed by atoms with Gasteiger partial charge in [-0.1, -0.05) is 0 Å². The van der Waals surface area contributed by atoms with Crippen molar-refractivity contribution >= 4 is 5.91 Å². The molecule has 1 amide bonds. The van der Waals surface area contributed by atoms with E-state index in [0.717, 1.165) is 32.2 Å². The highest BCUT2D eigenvalue weighted by Crippen LogP contribution is 2.26. The van der Waals surface area contributed by atoms with Gasteiger partial charge in [0.2, 0.25) is 5.91 Å². The van der Waals surface area contributed by atoms with Gasteiger partial charge in [0, 0.05) is 19.1 Å². The van der Waals surface area contributed by atoms with Gasteiger partial charge in [0.15, 0.2) is 0 Å². The second kappa shape index (κ2) is 4.49. The Morgan fingerprint density at radius 2 is 2.20 bits per heavy atom. The Hall–Kier alpha value is -0.610. The largest absolute Gasteiger partial charge is 0.395 e. The minimum Gasteiger partial charge on any atom is -0.395 e.